The molecule has 0 unspecified atom stereocenters. The van der Waals surface area contributed by atoms with Crippen LogP contribution in [-0.2, 0) is 0 Å². The average molecular weight is 265 g/mol. The van der Waals surface area contributed by atoms with Crippen LogP contribution in [0.5, 0.6) is 5.75 Å². The molecule has 0 bridgehead atoms. The largest absolute Gasteiger partial charge is 0.496 e. The molecule has 0 saturated heterocycles. The Morgan fingerprint density at radius 3 is 2.63 bits per heavy atom. The van der Waals surface area contributed by atoms with Gasteiger partial charge in [0, 0.05) is 12.1 Å². The van der Waals surface area contributed by atoms with Gasteiger partial charge in [0.15, 0.2) is 0 Å². The smallest absolute Gasteiger partial charge is 0.296 e. The molecule has 6 nitrogen and oxygen atoms in total. The lowest BCUT2D eigenvalue weighted by Crippen LogP contribution is -2.32. The number of nitrogens with zero attached hydrogens (tertiary/aromatic N) is 1. The van der Waals surface area contributed by atoms with Crippen molar-refractivity contribution in [3.63, 3.8) is 0 Å². The Morgan fingerprint density at radius 1 is 1.37 bits per heavy atom. The van der Waals surface area contributed by atoms with E-state index in [0.717, 1.165) is 25.7 Å². The molecule has 0 aromatic heterocycles. The van der Waals surface area contributed by atoms with E-state index < -0.39 is 0 Å². The molecular formula is C13H19N3O3. The molecule has 1 aromatic rings. The molecular weight excluding hydrogens is 246 g/mol. The highest BCUT2D eigenvalue weighted by Gasteiger charge is 2.22. The number of nitro groups is 1. The number of ether oxygens (including phenoxy) is 1. The summed E-state index contributed by atoms with van der Waals surface area (Å²) in [6, 6.07) is 5.39. The standard InChI is InChI=1S/C13H19N3O3/c1-19-11-6-7-12(13(8-11)16(17)18)15-10-4-2-9(14)3-5-10/h6-10,15H,2-5,14H2,1H3. The average Bonchev–Trinajstić information content (AvgIpc) is 2.41. The van der Waals surface area contributed by atoms with Crippen molar-refractivity contribution >= 4 is 11.4 Å². The van der Waals surface area contributed by atoms with Gasteiger partial charge < -0.3 is 15.8 Å². The van der Waals surface area contributed by atoms with Gasteiger partial charge in [-0.25, -0.2) is 0 Å². The van der Waals surface area contributed by atoms with E-state index in [0.29, 0.717) is 11.4 Å². The molecule has 0 spiro atoms. The lowest BCUT2D eigenvalue weighted by Gasteiger charge is -2.27. The molecule has 2 rings (SSSR count). The van der Waals surface area contributed by atoms with Crippen LogP contribution in [0.2, 0.25) is 0 Å². The number of hydrogen-bond donors (Lipinski definition) is 2. The molecule has 1 saturated carbocycles. The summed E-state index contributed by atoms with van der Waals surface area (Å²) in [6.45, 7) is 0. The second-order valence-corrected chi connectivity index (χ2v) is 4.90. The minimum atomic E-state index is -0.389. The topological polar surface area (TPSA) is 90.4 Å². The van der Waals surface area contributed by atoms with Gasteiger partial charge in [0.25, 0.3) is 5.69 Å². The Kier molecular flexibility index (Phi) is 4.21. The predicted molar refractivity (Wildman–Crippen MR) is 73.5 cm³/mol. The summed E-state index contributed by atoms with van der Waals surface area (Å²) < 4.78 is 5.02. The molecule has 3 N–H and O–H groups in total. The molecule has 19 heavy (non-hydrogen) atoms. The van der Waals surface area contributed by atoms with Crippen LogP contribution in [0, 0.1) is 10.1 Å². The predicted octanol–water partition coefficient (Wildman–Crippen LogP) is 2.29. The number of nitrogens with one attached hydrogen (secondary N) is 1. The molecule has 1 aromatic carbocycles. The number of rotatable bonds is 4. The summed E-state index contributed by atoms with van der Waals surface area (Å²) in [7, 11) is 1.49. The van der Waals surface area contributed by atoms with Crippen LogP contribution >= 0.6 is 0 Å². The molecule has 6 heteroatoms. The van der Waals surface area contributed by atoms with Gasteiger partial charge in [-0.15, -0.1) is 0 Å². The van der Waals surface area contributed by atoms with E-state index in [4.69, 9.17) is 10.5 Å². The number of methoxy groups -OCH3 is 1. The first-order valence-corrected chi connectivity index (χ1v) is 6.44. The van der Waals surface area contributed by atoms with Crippen LogP contribution in [0.15, 0.2) is 18.2 Å². The van der Waals surface area contributed by atoms with Crippen molar-refractivity contribution in [2.24, 2.45) is 5.73 Å². The number of nitro benzene ring substituents is 1. The zero-order valence-corrected chi connectivity index (χ0v) is 11.0. The minimum Gasteiger partial charge on any atom is -0.496 e. The van der Waals surface area contributed by atoms with Crippen molar-refractivity contribution in [2.75, 3.05) is 12.4 Å². The van der Waals surface area contributed by atoms with Crippen molar-refractivity contribution in [3.05, 3.63) is 28.3 Å². The van der Waals surface area contributed by atoms with Crippen molar-refractivity contribution in [2.45, 2.75) is 37.8 Å². The van der Waals surface area contributed by atoms with Gasteiger partial charge in [-0.1, -0.05) is 0 Å². The maximum Gasteiger partial charge on any atom is 0.296 e. The molecule has 1 fully saturated rings. The van der Waals surface area contributed by atoms with Gasteiger partial charge in [0.2, 0.25) is 0 Å². The number of benzene rings is 1. The summed E-state index contributed by atoms with van der Waals surface area (Å²) in [5, 5.41) is 14.3. The Bertz CT molecular complexity index is 456. The first-order chi connectivity index (χ1) is 9.10. The lowest BCUT2D eigenvalue weighted by atomic mass is 9.91. The fourth-order valence-corrected chi connectivity index (χ4v) is 2.39. The van der Waals surface area contributed by atoms with Crippen molar-refractivity contribution < 1.29 is 9.66 Å². The maximum absolute atomic E-state index is 11.1. The Balaban J connectivity index is 2.13. The summed E-state index contributed by atoms with van der Waals surface area (Å²) in [4.78, 5) is 10.7. The highest BCUT2D eigenvalue weighted by Crippen LogP contribution is 2.31. The van der Waals surface area contributed by atoms with E-state index in [1.165, 1.54) is 13.2 Å². The maximum atomic E-state index is 11.1. The molecule has 1 aliphatic carbocycles. The normalized spacial score (nSPS) is 22.8. The molecule has 0 heterocycles. The minimum absolute atomic E-state index is 0.0502. The van der Waals surface area contributed by atoms with E-state index in [1.807, 2.05) is 0 Å². The fourth-order valence-electron chi connectivity index (χ4n) is 2.39. The van der Waals surface area contributed by atoms with Crippen LogP contribution in [0.4, 0.5) is 11.4 Å². The second kappa shape index (κ2) is 5.88. The van der Waals surface area contributed by atoms with Crippen LogP contribution in [0.25, 0.3) is 0 Å². The first kappa shape index (κ1) is 13.6. The summed E-state index contributed by atoms with van der Waals surface area (Å²) in [5.74, 6) is 0.489. The van der Waals surface area contributed by atoms with E-state index in [-0.39, 0.29) is 22.7 Å². The molecule has 1 aliphatic rings. The Labute approximate surface area is 112 Å². The van der Waals surface area contributed by atoms with E-state index in [2.05, 4.69) is 5.32 Å². The molecule has 0 aliphatic heterocycles. The third-order valence-electron chi connectivity index (χ3n) is 3.53. The van der Waals surface area contributed by atoms with Crippen LogP contribution < -0.4 is 15.8 Å². The van der Waals surface area contributed by atoms with Crippen LogP contribution in [0.3, 0.4) is 0 Å². The lowest BCUT2D eigenvalue weighted by molar-refractivity contribution is -0.384. The van der Waals surface area contributed by atoms with E-state index in [9.17, 15) is 10.1 Å². The molecule has 104 valence electrons. The second-order valence-electron chi connectivity index (χ2n) is 4.90. The highest BCUT2D eigenvalue weighted by atomic mass is 16.6. The van der Waals surface area contributed by atoms with Gasteiger partial charge in [-0.3, -0.25) is 10.1 Å². The van der Waals surface area contributed by atoms with Gasteiger partial charge >= 0.3 is 0 Å². The zero-order valence-electron chi connectivity index (χ0n) is 11.0. The quantitative estimate of drug-likeness (QED) is 0.644. The SMILES string of the molecule is COc1ccc(NC2CCC(N)CC2)c([N+](=O)[O-])c1. The summed E-state index contributed by atoms with van der Waals surface area (Å²) >= 11 is 0. The summed E-state index contributed by atoms with van der Waals surface area (Å²) in [5.41, 5.74) is 6.45. The van der Waals surface area contributed by atoms with Crippen LogP contribution in [-0.4, -0.2) is 24.1 Å². The number of hydrogen-bond acceptors (Lipinski definition) is 5. The van der Waals surface area contributed by atoms with Gasteiger partial charge in [0.05, 0.1) is 18.1 Å². The third kappa shape index (κ3) is 3.35. The van der Waals surface area contributed by atoms with Crippen molar-refractivity contribution in [1.82, 2.24) is 0 Å². The zero-order chi connectivity index (χ0) is 13.8. The van der Waals surface area contributed by atoms with Gasteiger partial charge in [-0.05, 0) is 37.8 Å². The van der Waals surface area contributed by atoms with E-state index in [1.54, 1.807) is 12.1 Å². The number of nitrogens with two attached hydrogens (primary N) is 1. The third-order valence-corrected chi connectivity index (χ3v) is 3.53. The summed E-state index contributed by atoms with van der Waals surface area (Å²) in [6.07, 6.45) is 3.82. The van der Waals surface area contributed by atoms with Gasteiger partial charge in [0.1, 0.15) is 11.4 Å². The van der Waals surface area contributed by atoms with Crippen molar-refractivity contribution in [3.8, 4) is 5.75 Å². The van der Waals surface area contributed by atoms with E-state index >= 15 is 0 Å². The molecule has 0 radical (unpaired) electrons. The Hall–Kier alpha value is -1.82. The molecule has 0 atom stereocenters. The number of anilines is 1. The molecule has 0 amide bonds. The first-order valence-electron chi connectivity index (χ1n) is 6.44. The Morgan fingerprint density at radius 2 is 2.05 bits per heavy atom. The van der Waals surface area contributed by atoms with Crippen molar-refractivity contribution in [1.29, 1.82) is 0 Å². The highest BCUT2D eigenvalue weighted by molar-refractivity contribution is 5.64. The monoisotopic (exact) mass is 265 g/mol. The van der Waals surface area contributed by atoms with Crippen LogP contribution in [0.1, 0.15) is 25.7 Å². The fraction of sp³-hybridized carbons (Fsp3) is 0.538. The van der Waals surface area contributed by atoms with Gasteiger partial charge in [-0.2, -0.15) is 0 Å².